The molecule has 3 heteroatoms. The monoisotopic (exact) mass is 325 g/mol. The molecule has 1 aliphatic carbocycles. The lowest BCUT2D eigenvalue weighted by molar-refractivity contribution is 0.124. The molecule has 19 heavy (non-hydrogen) atoms. The minimum absolute atomic E-state index is 0.124. The molecule has 2 rings (SSSR count). The van der Waals surface area contributed by atoms with Crippen molar-refractivity contribution in [3.05, 3.63) is 34.3 Å². The summed E-state index contributed by atoms with van der Waals surface area (Å²) >= 11 is 3.53. The van der Waals surface area contributed by atoms with Gasteiger partial charge >= 0.3 is 0 Å². The fourth-order valence-corrected chi connectivity index (χ4v) is 3.49. The maximum Gasteiger partial charge on any atom is 0.0499 e. The van der Waals surface area contributed by atoms with Crippen molar-refractivity contribution in [3.8, 4) is 0 Å². The first kappa shape index (κ1) is 15.0. The number of hydrogen-bond donors (Lipinski definition) is 2. The van der Waals surface area contributed by atoms with E-state index in [-0.39, 0.29) is 5.41 Å². The fraction of sp³-hybridized carbons (Fsp3) is 0.625. The standard InChI is InChI=1S/C16H24BrNO/c1-2-15(13-6-5-7-14(17)10-13)18-11-16(12-19)8-3-4-9-16/h5-7,10,15,18-19H,2-4,8-9,11-12H2,1H3. The van der Waals surface area contributed by atoms with Crippen molar-refractivity contribution in [2.45, 2.75) is 45.1 Å². The molecule has 1 aromatic rings. The zero-order chi connectivity index (χ0) is 13.7. The minimum atomic E-state index is 0.124. The fourth-order valence-electron chi connectivity index (χ4n) is 3.08. The molecule has 1 atom stereocenters. The third kappa shape index (κ3) is 3.80. The molecule has 106 valence electrons. The van der Waals surface area contributed by atoms with E-state index < -0.39 is 0 Å². The quantitative estimate of drug-likeness (QED) is 0.827. The normalized spacial score (nSPS) is 19.5. The Labute approximate surface area is 124 Å². The number of nitrogens with one attached hydrogen (secondary N) is 1. The minimum Gasteiger partial charge on any atom is -0.396 e. The van der Waals surface area contributed by atoms with Crippen molar-refractivity contribution in [1.82, 2.24) is 5.32 Å². The lowest BCUT2D eigenvalue weighted by atomic mass is 9.86. The van der Waals surface area contributed by atoms with Crippen LogP contribution in [0.5, 0.6) is 0 Å². The topological polar surface area (TPSA) is 32.3 Å². The summed E-state index contributed by atoms with van der Waals surface area (Å²) in [6, 6.07) is 8.87. The molecule has 2 N–H and O–H groups in total. The van der Waals surface area contributed by atoms with Crippen molar-refractivity contribution < 1.29 is 5.11 Å². The maximum atomic E-state index is 9.67. The molecule has 0 saturated heterocycles. The first-order valence-electron chi connectivity index (χ1n) is 7.29. The summed E-state index contributed by atoms with van der Waals surface area (Å²) in [5.41, 5.74) is 1.45. The summed E-state index contributed by atoms with van der Waals surface area (Å²) in [6.07, 6.45) is 5.90. The van der Waals surface area contributed by atoms with Crippen LogP contribution in [-0.2, 0) is 0 Å². The van der Waals surface area contributed by atoms with Crippen molar-refractivity contribution >= 4 is 15.9 Å². The number of aliphatic hydroxyl groups excluding tert-OH is 1. The molecule has 0 spiro atoms. The van der Waals surface area contributed by atoms with Crippen LogP contribution >= 0.6 is 15.9 Å². The van der Waals surface area contributed by atoms with Crippen molar-refractivity contribution in [2.24, 2.45) is 5.41 Å². The van der Waals surface area contributed by atoms with Gasteiger partial charge in [0.05, 0.1) is 0 Å². The molecule has 0 bridgehead atoms. The molecule has 1 aromatic carbocycles. The molecule has 0 aliphatic heterocycles. The van der Waals surface area contributed by atoms with Crippen LogP contribution in [0.3, 0.4) is 0 Å². The van der Waals surface area contributed by atoms with E-state index in [1.165, 1.54) is 18.4 Å². The molecule has 0 amide bonds. The molecular formula is C16H24BrNO. The van der Waals surface area contributed by atoms with Crippen molar-refractivity contribution in [1.29, 1.82) is 0 Å². The highest BCUT2D eigenvalue weighted by Crippen LogP contribution is 2.37. The van der Waals surface area contributed by atoms with E-state index in [2.05, 4.69) is 52.4 Å². The maximum absolute atomic E-state index is 9.67. The van der Waals surface area contributed by atoms with E-state index in [0.717, 1.165) is 30.3 Å². The van der Waals surface area contributed by atoms with E-state index in [0.29, 0.717) is 12.6 Å². The van der Waals surface area contributed by atoms with Crippen LogP contribution in [0.1, 0.15) is 50.6 Å². The van der Waals surface area contributed by atoms with Crippen molar-refractivity contribution in [2.75, 3.05) is 13.2 Å². The Morgan fingerprint density at radius 1 is 1.37 bits per heavy atom. The Bertz CT molecular complexity index is 401. The second-order valence-corrected chi connectivity index (χ2v) is 6.68. The molecule has 1 saturated carbocycles. The molecule has 1 fully saturated rings. The highest BCUT2D eigenvalue weighted by atomic mass is 79.9. The van der Waals surface area contributed by atoms with Gasteiger partial charge in [-0.2, -0.15) is 0 Å². The average molecular weight is 326 g/mol. The van der Waals surface area contributed by atoms with Crippen molar-refractivity contribution in [3.63, 3.8) is 0 Å². The summed E-state index contributed by atoms with van der Waals surface area (Å²) < 4.78 is 1.13. The molecule has 1 unspecified atom stereocenters. The van der Waals surface area contributed by atoms with Gasteiger partial charge in [-0.15, -0.1) is 0 Å². The van der Waals surface area contributed by atoms with E-state index in [9.17, 15) is 5.11 Å². The van der Waals surface area contributed by atoms with Gasteiger partial charge in [-0.3, -0.25) is 0 Å². The first-order valence-corrected chi connectivity index (χ1v) is 8.08. The number of halogens is 1. The predicted molar refractivity (Wildman–Crippen MR) is 83.2 cm³/mol. The zero-order valence-corrected chi connectivity index (χ0v) is 13.2. The lowest BCUT2D eigenvalue weighted by Crippen LogP contribution is -2.37. The molecule has 0 aromatic heterocycles. The van der Waals surface area contributed by atoms with Gasteiger partial charge < -0.3 is 10.4 Å². The third-order valence-electron chi connectivity index (χ3n) is 4.38. The van der Waals surface area contributed by atoms with Gasteiger partial charge in [0.2, 0.25) is 0 Å². The summed E-state index contributed by atoms with van der Waals surface area (Å²) in [5, 5.41) is 13.3. The largest absolute Gasteiger partial charge is 0.396 e. The SMILES string of the molecule is CCC(NCC1(CO)CCCC1)c1cccc(Br)c1. The number of aliphatic hydroxyl groups is 1. The van der Waals surface area contributed by atoms with Crippen LogP contribution in [0.4, 0.5) is 0 Å². The number of hydrogen-bond acceptors (Lipinski definition) is 2. The average Bonchev–Trinajstić information content (AvgIpc) is 2.89. The number of rotatable bonds is 6. The van der Waals surface area contributed by atoms with Crippen LogP contribution in [0.15, 0.2) is 28.7 Å². The van der Waals surface area contributed by atoms with Crippen LogP contribution in [0.2, 0.25) is 0 Å². The van der Waals surface area contributed by atoms with Gasteiger partial charge in [0.15, 0.2) is 0 Å². The second-order valence-electron chi connectivity index (χ2n) is 5.76. The summed E-state index contributed by atoms with van der Waals surface area (Å²) in [7, 11) is 0. The molecule has 1 aliphatic rings. The van der Waals surface area contributed by atoms with E-state index in [1.807, 2.05) is 0 Å². The lowest BCUT2D eigenvalue weighted by Gasteiger charge is -2.29. The van der Waals surface area contributed by atoms with Gasteiger partial charge in [-0.05, 0) is 37.0 Å². The van der Waals surface area contributed by atoms with Gasteiger partial charge in [0, 0.05) is 29.1 Å². The van der Waals surface area contributed by atoms with Gasteiger partial charge in [0.25, 0.3) is 0 Å². The molecule has 0 radical (unpaired) electrons. The number of benzene rings is 1. The summed E-state index contributed by atoms with van der Waals surface area (Å²) in [6.45, 7) is 3.45. The first-order chi connectivity index (χ1) is 9.19. The third-order valence-corrected chi connectivity index (χ3v) is 4.88. The van der Waals surface area contributed by atoms with E-state index in [4.69, 9.17) is 0 Å². The Hall–Kier alpha value is -0.380. The predicted octanol–water partition coefficient (Wildman–Crippen LogP) is 4.04. The van der Waals surface area contributed by atoms with Crippen LogP contribution < -0.4 is 5.32 Å². The Morgan fingerprint density at radius 2 is 2.11 bits per heavy atom. The van der Waals surface area contributed by atoms with Gasteiger partial charge in [0.1, 0.15) is 0 Å². The Kier molecular flexibility index (Phi) is 5.43. The summed E-state index contributed by atoms with van der Waals surface area (Å²) in [5.74, 6) is 0. The van der Waals surface area contributed by atoms with Crippen LogP contribution in [-0.4, -0.2) is 18.3 Å². The smallest absolute Gasteiger partial charge is 0.0499 e. The molecule has 0 heterocycles. The van der Waals surface area contributed by atoms with E-state index in [1.54, 1.807) is 0 Å². The molecule has 2 nitrogen and oxygen atoms in total. The van der Waals surface area contributed by atoms with Crippen LogP contribution in [0.25, 0.3) is 0 Å². The van der Waals surface area contributed by atoms with Gasteiger partial charge in [-0.1, -0.05) is 47.8 Å². The highest BCUT2D eigenvalue weighted by molar-refractivity contribution is 9.10. The zero-order valence-electron chi connectivity index (χ0n) is 11.7. The summed E-state index contributed by atoms with van der Waals surface area (Å²) in [4.78, 5) is 0. The Balaban J connectivity index is 1.99. The highest BCUT2D eigenvalue weighted by Gasteiger charge is 2.33. The second kappa shape index (κ2) is 6.87. The Morgan fingerprint density at radius 3 is 2.68 bits per heavy atom. The van der Waals surface area contributed by atoms with Crippen LogP contribution in [0, 0.1) is 5.41 Å². The molecular weight excluding hydrogens is 302 g/mol. The van der Waals surface area contributed by atoms with Gasteiger partial charge in [-0.25, -0.2) is 0 Å². The van der Waals surface area contributed by atoms with E-state index >= 15 is 0 Å².